The van der Waals surface area contributed by atoms with Crippen molar-refractivity contribution in [1.29, 1.82) is 0 Å². The van der Waals surface area contributed by atoms with Gasteiger partial charge in [-0.2, -0.15) is 0 Å². The van der Waals surface area contributed by atoms with Gasteiger partial charge >= 0.3 is 0 Å². The van der Waals surface area contributed by atoms with E-state index in [1.807, 2.05) is 48.5 Å². The van der Waals surface area contributed by atoms with Crippen molar-refractivity contribution in [3.05, 3.63) is 107 Å². The van der Waals surface area contributed by atoms with E-state index in [1.165, 1.54) is 16.7 Å². The van der Waals surface area contributed by atoms with Gasteiger partial charge in [-0.3, -0.25) is 4.79 Å². The Morgan fingerprint density at radius 3 is 2.06 bits per heavy atom. The molecule has 0 aromatic heterocycles. The molecule has 36 heavy (non-hydrogen) atoms. The first-order chi connectivity index (χ1) is 17.4. The van der Waals surface area contributed by atoms with Gasteiger partial charge in [0.1, 0.15) is 0 Å². The van der Waals surface area contributed by atoms with Gasteiger partial charge in [0.25, 0.3) is 0 Å². The number of carbonyl (C=O) groups excluding carboxylic acids is 1. The Bertz CT molecular complexity index is 967. The molecule has 0 saturated carbocycles. The Balaban J connectivity index is 1.81. The van der Waals surface area contributed by atoms with Gasteiger partial charge in [0, 0.05) is 12.0 Å². The van der Waals surface area contributed by atoms with E-state index < -0.39 is 0 Å². The summed E-state index contributed by atoms with van der Waals surface area (Å²) in [6.45, 7) is 10.2. The molecule has 0 bridgehead atoms. The highest BCUT2D eigenvalue weighted by Crippen LogP contribution is 2.14. The van der Waals surface area contributed by atoms with Crippen molar-refractivity contribution < 1.29 is 14.3 Å². The molecule has 0 heterocycles. The highest BCUT2D eigenvalue weighted by Gasteiger charge is 2.13. The summed E-state index contributed by atoms with van der Waals surface area (Å²) in [5.74, 6) is 0.144. The van der Waals surface area contributed by atoms with Crippen molar-refractivity contribution >= 4 is 5.78 Å². The van der Waals surface area contributed by atoms with Gasteiger partial charge in [-0.1, -0.05) is 95.6 Å². The molecule has 3 heteroatoms. The minimum absolute atomic E-state index is 0.123. The van der Waals surface area contributed by atoms with E-state index in [2.05, 4.69) is 58.1 Å². The summed E-state index contributed by atoms with van der Waals surface area (Å²) in [7, 11) is 0. The quantitative estimate of drug-likeness (QED) is 0.165. The lowest BCUT2D eigenvalue weighted by molar-refractivity contribution is -0.0155. The Morgan fingerprint density at radius 1 is 0.778 bits per heavy atom. The normalized spacial score (nSPS) is 12.9. The molecule has 0 radical (unpaired) electrons. The highest BCUT2D eigenvalue weighted by molar-refractivity contribution is 5.95. The number of Topliss-reactive ketones (excluding diaryl/α,β-unsaturated/α-hetero) is 1. The molecular weight excluding hydrogens is 444 g/mol. The third-order valence-corrected chi connectivity index (χ3v) is 6.09. The van der Waals surface area contributed by atoms with Gasteiger partial charge in [0.2, 0.25) is 0 Å². The smallest absolute Gasteiger partial charge is 0.162 e. The molecule has 0 aliphatic carbocycles. The van der Waals surface area contributed by atoms with Crippen molar-refractivity contribution in [1.82, 2.24) is 0 Å². The zero-order chi connectivity index (χ0) is 26.0. The second-order valence-electron chi connectivity index (χ2n) is 9.74. The number of allylic oxidation sites excluding steroid dienone is 5. The fraction of sp³-hybridized carbons (Fsp3) is 0.424. The van der Waals surface area contributed by atoms with Crippen LogP contribution in [0.25, 0.3) is 0 Å². The maximum atomic E-state index is 12.6. The zero-order valence-corrected chi connectivity index (χ0v) is 22.7. The molecular formula is C33H44O3. The van der Waals surface area contributed by atoms with Gasteiger partial charge in [0.05, 0.1) is 25.9 Å². The van der Waals surface area contributed by atoms with Crippen LogP contribution in [0, 0.1) is 0 Å². The third kappa shape index (κ3) is 13.4. The molecule has 0 unspecified atom stereocenters. The minimum atomic E-state index is -0.123. The molecule has 194 valence electrons. The molecule has 0 N–H and O–H groups in total. The van der Waals surface area contributed by atoms with Gasteiger partial charge in [-0.05, 0) is 65.4 Å². The van der Waals surface area contributed by atoms with Crippen LogP contribution in [-0.4, -0.2) is 25.1 Å². The average molecular weight is 489 g/mol. The number of hydrogen-bond acceptors (Lipinski definition) is 3. The molecule has 0 aliphatic rings. The molecule has 2 aromatic rings. The summed E-state index contributed by atoms with van der Waals surface area (Å²) in [5.41, 5.74) is 6.05. The van der Waals surface area contributed by atoms with Crippen LogP contribution in [0.5, 0.6) is 0 Å². The molecule has 1 atom stereocenters. The van der Waals surface area contributed by atoms with Gasteiger partial charge in [-0.15, -0.1) is 0 Å². The highest BCUT2D eigenvalue weighted by atomic mass is 16.5. The monoisotopic (exact) mass is 488 g/mol. The largest absolute Gasteiger partial charge is 0.374 e. The summed E-state index contributed by atoms with van der Waals surface area (Å²) in [6, 6.07) is 19.6. The number of benzene rings is 2. The Hall–Kier alpha value is -2.75. The van der Waals surface area contributed by atoms with Crippen LogP contribution in [0.3, 0.4) is 0 Å². The topological polar surface area (TPSA) is 35.5 Å². The predicted molar refractivity (Wildman–Crippen MR) is 151 cm³/mol. The first-order valence-electron chi connectivity index (χ1n) is 13.2. The van der Waals surface area contributed by atoms with Crippen LogP contribution in [0.2, 0.25) is 0 Å². The van der Waals surface area contributed by atoms with Gasteiger partial charge in [-0.25, -0.2) is 0 Å². The Morgan fingerprint density at radius 2 is 1.39 bits per heavy atom. The van der Waals surface area contributed by atoms with Crippen LogP contribution in [0.1, 0.15) is 82.1 Å². The summed E-state index contributed by atoms with van der Waals surface area (Å²) < 4.78 is 12.1. The van der Waals surface area contributed by atoms with Gasteiger partial charge in [0.15, 0.2) is 5.78 Å². The average Bonchev–Trinajstić information content (AvgIpc) is 2.87. The Kier molecular flexibility index (Phi) is 14.4. The summed E-state index contributed by atoms with van der Waals surface area (Å²) >= 11 is 0. The van der Waals surface area contributed by atoms with Crippen molar-refractivity contribution in [2.24, 2.45) is 0 Å². The second kappa shape index (κ2) is 17.6. The first kappa shape index (κ1) is 29.5. The number of ketones is 1. The first-order valence-corrected chi connectivity index (χ1v) is 13.2. The number of hydrogen-bond donors (Lipinski definition) is 0. The lowest BCUT2D eigenvalue weighted by Gasteiger charge is -2.17. The van der Waals surface area contributed by atoms with E-state index in [0.717, 1.165) is 36.8 Å². The molecule has 0 aliphatic heterocycles. The Labute approximate surface area is 218 Å². The zero-order valence-electron chi connectivity index (χ0n) is 22.7. The van der Waals surface area contributed by atoms with Crippen molar-refractivity contribution in [3.8, 4) is 0 Å². The standard InChI is InChI=1S/C33H44O3/c1-27(2)13-11-14-28(3)15-12-16-29(4)23-24-36-32(26-35-25-30-17-7-5-8-18-30)21-22-33(34)31-19-9-6-10-20-31/h5-10,13,15,17-20,23,32H,11-12,14,16,21-22,24-26H2,1-4H3/b28-15+,29-23+/t32-/m1/s1. The lowest BCUT2D eigenvalue weighted by Crippen LogP contribution is -2.21. The summed E-state index contributed by atoms with van der Waals surface area (Å²) in [6.07, 6.45) is 12.1. The molecule has 0 fully saturated rings. The van der Waals surface area contributed by atoms with Crippen LogP contribution in [0.15, 0.2) is 95.6 Å². The van der Waals surface area contributed by atoms with E-state index in [4.69, 9.17) is 9.47 Å². The van der Waals surface area contributed by atoms with Crippen LogP contribution in [-0.2, 0) is 16.1 Å². The fourth-order valence-electron chi connectivity index (χ4n) is 3.82. The van der Waals surface area contributed by atoms with E-state index >= 15 is 0 Å². The fourth-order valence-corrected chi connectivity index (χ4v) is 3.82. The van der Waals surface area contributed by atoms with E-state index in [1.54, 1.807) is 0 Å². The summed E-state index contributed by atoms with van der Waals surface area (Å²) in [4.78, 5) is 12.6. The van der Waals surface area contributed by atoms with Crippen molar-refractivity contribution in [2.75, 3.05) is 13.2 Å². The predicted octanol–water partition coefficient (Wildman–Crippen LogP) is 8.67. The molecule has 2 aromatic carbocycles. The minimum Gasteiger partial charge on any atom is -0.374 e. The van der Waals surface area contributed by atoms with Crippen LogP contribution in [0.4, 0.5) is 0 Å². The maximum absolute atomic E-state index is 12.6. The molecule has 0 amide bonds. The molecule has 3 nitrogen and oxygen atoms in total. The number of rotatable bonds is 17. The van der Waals surface area contributed by atoms with Crippen molar-refractivity contribution in [2.45, 2.75) is 78.9 Å². The van der Waals surface area contributed by atoms with E-state index in [0.29, 0.717) is 32.7 Å². The second-order valence-corrected chi connectivity index (χ2v) is 9.74. The number of ether oxygens (including phenoxy) is 2. The van der Waals surface area contributed by atoms with E-state index in [9.17, 15) is 4.79 Å². The molecule has 2 rings (SSSR count). The van der Waals surface area contributed by atoms with Crippen LogP contribution >= 0.6 is 0 Å². The third-order valence-electron chi connectivity index (χ3n) is 6.09. The van der Waals surface area contributed by atoms with E-state index in [-0.39, 0.29) is 11.9 Å². The van der Waals surface area contributed by atoms with Crippen LogP contribution < -0.4 is 0 Å². The lowest BCUT2D eigenvalue weighted by atomic mass is 10.0. The van der Waals surface area contributed by atoms with Crippen molar-refractivity contribution in [3.63, 3.8) is 0 Å². The molecule has 0 saturated heterocycles. The summed E-state index contributed by atoms with van der Waals surface area (Å²) in [5, 5.41) is 0. The number of carbonyl (C=O) groups is 1. The molecule has 0 spiro atoms. The SMILES string of the molecule is CC(C)=CCC/C(C)=C/CC/C(C)=C/CO[C@H](CCC(=O)c1ccccc1)COCc1ccccc1. The maximum Gasteiger partial charge on any atom is 0.162 e. The van der Waals surface area contributed by atoms with Gasteiger partial charge < -0.3 is 9.47 Å².